The predicted octanol–water partition coefficient (Wildman–Crippen LogP) is 2.81. The average molecular weight is 407 g/mol. The van der Waals surface area contributed by atoms with Gasteiger partial charge in [-0.3, -0.25) is 9.59 Å². The van der Waals surface area contributed by atoms with Gasteiger partial charge in [0.05, 0.1) is 19.3 Å². The van der Waals surface area contributed by atoms with Crippen LogP contribution in [0, 0.1) is 6.92 Å². The van der Waals surface area contributed by atoms with Crippen molar-refractivity contribution in [1.29, 1.82) is 0 Å². The van der Waals surface area contributed by atoms with Gasteiger partial charge in [-0.05, 0) is 61.9 Å². The minimum Gasteiger partial charge on any atom is -0.497 e. The molecule has 1 aromatic heterocycles. The number of aryl methyl sites for hydroxylation is 1. The predicted molar refractivity (Wildman–Crippen MR) is 115 cm³/mol. The summed E-state index contributed by atoms with van der Waals surface area (Å²) in [6.45, 7) is 4.17. The molecule has 0 radical (unpaired) electrons. The van der Waals surface area contributed by atoms with E-state index in [0.29, 0.717) is 11.4 Å². The summed E-state index contributed by atoms with van der Waals surface area (Å²) in [5.74, 6) is 1.13. The summed E-state index contributed by atoms with van der Waals surface area (Å²) < 4.78 is 12.2. The quantitative estimate of drug-likeness (QED) is 0.621. The highest BCUT2D eigenvalue weighted by molar-refractivity contribution is 5.80. The Labute approximate surface area is 175 Å². The lowest BCUT2D eigenvalue weighted by molar-refractivity contribution is -0.127. The van der Waals surface area contributed by atoms with E-state index >= 15 is 0 Å². The number of hydrogen-bond donors (Lipinski definition) is 1. The molecule has 1 heterocycles. The fraction of sp³-hybridized carbons (Fsp3) is 0.261. The smallest absolute Gasteiger partial charge is 0.266 e. The molecule has 0 saturated carbocycles. The number of ether oxygens (including phenoxy) is 2. The van der Waals surface area contributed by atoms with Crippen molar-refractivity contribution in [3.63, 3.8) is 0 Å². The van der Waals surface area contributed by atoms with Gasteiger partial charge in [-0.2, -0.15) is 5.10 Å². The van der Waals surface area contributed by atoms with Crippen LogP contribution < -0.4 is 20.3 Å². The van der Waals surface area contributed by atoms with Crippen molar-refractivity contribution in [1.82, 2.24) is 15.1 Å². The number of benzene rings is 2. The Morgan fingerprint density at radius 1 is 1.10 bits per heavy atom. The average Bonchev–Trinajstić information content (AvgIpc) is 2.75. The molecular formula is C23H25N3O4. The number of nitrogens with zero attached hydrogens (tertiary/aromatic N) is 2. The van der Waals surface area contributed by atoms with Crippen molar-refractivity contribution < 1.29 is 14.3 Å². The van der Waals surface area contributed by atoms with Crippen LogP contribution >= 0.6 is 0 Å². The van der Waals surface area contributed by atoms with Crippen molar-refractivity contribution in [3.05, 3.63) is 76.6 Å². The van der Waals surface area contributed by atoms with Gasteiger partial charge < -0.3 is 14.8 Å². The van der Waals surface area contributed by atoms with Gasteiger partial charge in [-0.15, -0.1) is 0 Å². The second kappa shape index (κ2) is 9.73. The first-order valence-corrected chi connectivity index (χ1v) is 9.70. The number of nitrogens with one attached hydrogen (secondary N) is 1. The van der Waals surface area contributed by atoms with Crippen LogP contribution in [0.3, 0.4) is 0 Å². The lowest BCUT2D eigenvalue weighted by atomic mass is 10.1. The first kappa shape index (κ1) is 21.1. The van der Waals surface area contributed by atoms with Gasteiger partial charge in [0.25, 0.3) is 11.5 Å². The number of methoxy groups -OCH3 is 1. The van der Waals surface area contributed by atoms with Gasteiger partial charge in [-0.25, -0.2) is 4.68 Å². The molecule has 0 aliphatic heterocycles. The van der Waals surface area contributed by atoms with Crippen LogP contribution in [0.5, 0.6) is 11.5 Å². The molecular weight excluding hydrogens is 382 g/mol. The minimum absolute atomic E-state index is 0.231. The third-order valence-corrected chi connectivity index (χ3v) is 4.55. The lowest BCUT2D eigenvalue weighted by Gasteiger charge is -2.15. The van der Waals surface area contributed by atoms with E-state index in [2.05, 4.69) is 10.4 Å². The van der Waals surface area contributed by atoms with Crippen molar-refractivity contribution in [2.75, 3.05) is 13.7 Å². The molecule has 156 valence electrons. The number of amides is 1. The van der Waals surface area contributed by atoms with Crippen LogP contribution in [0.25, 0.3) is 11.3 Å². The first-order chi connectivity index (χ1) is 14.5. The Morgan fingerprint density at radius 3 is 2.57 bits per heavy atom. The number of rotatable bonds is 8. The van der Waals surface area contributed by atoms with Crippen molar-refractivity contribution in [2.24, 2.45) is 0 Å². The molecule has 7 nitrogen and oxygen atoms in total. The molecule has 0 bridgehead atoms. The topological polar surface area (TPSA) is 82.5 Å². The Hall–Kier alpha value is -3.61. The van der Waals surface area contributed by atoms with E-state index in [1.165, 1.54) is 10.7 Å². The van der Waals surface area contributed by atoms with Crippen molar-refractivity contribution >= 4 is 5.91 Å². The second-order valence-corrected chi connectivity index (χ2v) is 6.88. The number of aromatic nitrogens is 2. The van der Waals surface area contributed by atoms with Crippen LogP contribution in [0.1, 0.15) is 12.5 Å². The maximum atomic E-state index is 12.3. The molecule has 0 aliphatic carbocycles. The zero-order valence-electron chi connectivity index (χ0n) is 17.3. The Kier molecular flexibility index (Phi) is 6.85. The van der Waals surface area contributed by atoms with Gasteiger partial charge in [0.1, 0.15) is 11.5 Å². The van der Waals surface area contributed by atoms with Gasteiger partial charge in [0.15, 0.2) is 6.10 Å². The monoisotopic (exact) mass is 407 g/mol. The third-order valence-electron chi connectivity index (χ3n) is 4.55. The maximum Gasteiger partial charge on any atom is 0.266 e. The van der Waals surface area contributed by atoms with Gasteiger partial charge in [0, 0.05) is 18.2 Å². The molecule has 1 amide bonds. The summed E-state index contributed by atoms with van der Waals surface area (Å²) in [6, 6.07) is 18.1. The summed E-state index contributed by atoms with van der Waals surface area (Å²) in [5.41, 5.74) is 2.36. The Balaban J connectivity index is 1.58. The van der Waals surface area contributed by atoms with Crippen LogP contribution in [-0.2, 0) is 11.3 Å². The molecule has 0 aliphatic rings. The van der Waals surface area contributed by atoms with Crippen LogP contribution in [0.4, 0.5) is 0 Å². The molecule has 2 aromatic carbocycles. The minimum atomic E-state index is -0.651. The van der Waals surface area contributed by atoms with Crippen molar-refractivity contribution in [3.8, 4) is 22.8 Å². The lowest BCUT2D eigenvalue weighted by Crippen LogP contribution is -2.39. The van der Waals surface area contributed by atoms with Crippen LogP contribution in [-0.4, -0.2) is 35.4 Å². The molecule has 1 atom stereocenters. The van der Waals surface area contributed by atoms with E-state index < -0.39 is 6.10 Å². The first-order valence-electron chi connectivity index (χ1n) is 9.70. The number of carbonyl (C=O) groups excluding carboxylic acids is 1. The standard InChI is InChI=1S/C23H25N3O4/c1-16-5-4-6-20(15-16)30-17(2)23(28)24-13-14-26-22(27)12-11-21(25-26)18-7-9-19(29-3)10-8-18/h4-12,15,17H,13-14H2,1-3H3,(H,24,28). The fourth-order valence-corrected chi connectivity index (χ4v) is 2.90. The molecule has 30 heavy (non-hydrogen) atoms. The molecule has 3 rings (SSSR count). The van der Waals surface area contributed by atoms with Crippen LogP contribution in [0.15, 0.2) is 65.5 Å². The van der Waals surface area contributed by atoms with E-state index in [0.717, 1.165) is 16.9 Å². The Morgan fingerprint density at radius 2 is 1.87 bits per heavy atom. The largest absolute Gasteiger partial charge is 0.497 e. The van der Waals surface area contributed by atoms with E-state index in [9.17, 15) is 9.59 Å². The summed E-state index contributed by atoms with van der Waals surface area (Å²) in [5, 5.41) is 7.19. The second-order valence-electron chi connectivity index (χ2n) is 6.88. The van der Waals surface area contributed by atoms with E-state index in [4.69, 9.17) is 9.47 Å². The molecule has 0 fully saturated rings. The zero-order chi connectivity index (χ0) is 21.5. The molecule has 0 saturated heterocycles. The van der Waals surface area contributed by atoms with E-state index in [1.807, 2.05) is 55.5 Å². The zero-order valence-corrected chi connectivity index (χ0v) is 17.3. The van der Waals surface area contributed by atoms with E-state index in [1.54, 1.807) is 20.1 Å². The highest BCUT2D eigenvalue weighted by Gasteiger charge is 2.14. The summed E-state index contributed by atoms with van der Waals surface area (Å²) in [4.78, 5) is 24.4. The summed E-state index contributed by atoms with van der Waals surface area (Å²) in [7, 11) is 1.61. The highest BCUT2D eigenvalue weighted by atomic mass is 16.5. The number of carbonyl (C=O) groups is 1. The molecule has 1 unspecified atom stereocenters. The SMILES string of the molecule is COc1ccc(-c2ccc(=O)n(CCNC(=O)C(C)Oc3cccc(C)c3)n2)cc1. The van der Waals surface area contributed by atoms with Crippen molar-refractivity contribution in [2.45, 2.75) is 26.5 Å². The van der Waals surface area contributed by atoms with Gasteiger partial charge in [-0.1, -0.05) is 12.1 Å². The Bertz CT molecular complexity index is 1060. The molecule has 3 aromatic rings. The number of hydrogen-bond acceptors (Lipinski definition) is 5. The summed E-state index contributed by atoms with van der Waals surface area (Å²) >= 11 is 0. The molecule has 7 heteroatoms. The highest BCUT2D eigenvalue weighted by Crippen LogP contribution is 2.19. The van der Waals surface area contributed by atoms with Gasteiger partial charge >= 0.3 is 0 Å². The normalized spacial score (nSPS) is 11.6. The maximum absolute atomic E-state index is 12.3. The van der Waals surface area contributed by atoms with Crippen LogP contribution in [0.2, 0.25) is 0 Å². The molecule has 1 N–H and O–H groups in total. The summed E-state index contributed by atoms with van der Waals surface area (Å²) in [6.07, 6.45) is -0.651. The van der Waals surface area contributed by atoms with Gasteiger partial charge in [0.2, 0.25) is 0 Å². The molecule has 0 spiro atoms. The van der Waals surface area contributed by atoms with E-state index in [-0.39, 0.29) is 24.6 Å². The third kappa shape index (κ3) is 5.47. The fourth-order valence-electron chi connectivity index (χ4n) is 2.90.